The van der Waals surface area contributed by atoms with Gasteiger partial charge in [0, 0.05) is 11.6 Å². The second-order valence-corrected chi connectivity index (χ2v) is 3.98. The Bertz CT molecular complexity index is 526. The number of aromatic hydroxyl groups is 2. The minimum atomic E-state index is -1.26. The van der Waals surface area contributed by atoms with Crippen LogP contribution in [0.25, 0.3) is 0 Å². The molecule has 0 bridgehead atoms. The highest BCUT2D eigenvalue weighted by molar-refractivity contribution is 6.10. The first kappa shape index (κ1) is 13.8. The molecule has 0 heterocycles. The molecule has 0 aliphatic rings. The third kappa shape index (κ3) is 2.34. The van der Waals surface area contributed by atoms with Crippen LogP contribution in [0.5, 0.6) is 11.5 Å². The maximum Gasteiger partial charge on any atom is 0.328 e. The van der Waals surface area contributed by atoms with Gasteiger partial charge in [0.2, 0.25) is 0 Å². The Morgan fingerprint density at radius 2 is 1.39 bits per heavy atom. The Morgan fingerprint density at radius 3 is 1.89 bits per heavy atom. The van der Waals surface area contributed by atoms with Gasteiger partial charge in [0.1, 0.15) is 11.5 Å². The SMILES string of the molecule is Cc1c(C)c(O)c(C(=O)/C=C\C(=O)O)c(C)c1O. The van der Waals surface area contributed by atoms with E-state index in [2.05, 4.69) is 0 Å². The van der Waals surface area contributed by atoms with E-state index in [1.807, 2.05) is 0 Å². The van der Waals surface area contributed by atoms with E-state index in [0.29, 0.717) is 17.2 Å². The summed E-state index contributed by atoms with van der Waals surface area (Å²) in [6, 6.07) is 0. The first-order valence-corrected chi connectivity index (χ1v) is 5.24. The molecule has 0 aliphatic carbocycles. The van der Waals surface area contributed by atoms with Crippen LogP contribution in [0.1, 0.15) is 27.0 Å². The van der Waals surface area contributed by atoms with Gasteiger partial charge in [-0.15, -0.1) is 0 Å². The van der Waals surface area contributed by atoms with Gasteiger partial charge >= 0.3 is 5.97 Å². The van der Waals surface area contributed by atoms with E-state index in [9.17, 15) is 19.8 Å². The molecule has 0 fully saturated rings. The Kier molecular flexibility index (Phi) is 3.76. The van der Waals surface area contributed by atoms with Gasteiger partial charge in [0.15, 0.2) is 5.78 Å². The number of allylic oxidation sites excluding steroid dienone is 1. The van der Waals surface area contributed by atoms with Crippen molar-refractivity contribution in [1.29, 1.82) is 0 Å². The monoisotopic (exact) mass is 250 g/mol. The highest BCUT2D eigenvalue weighted by atomic mass is 16.4. The van der Waals surface area contributed by atoms with Gasteiger partial charge in [-0.2, -0.15) is 0 Å². The minimum absolute atomic E-state index is 0.0719. The van der Waals surface area contributed by atoms with Gasteiger partial charge in [-0.05, 0) is 38.0 Å². The largest absolute Gasteiger partial charge is 0.507 e. The zero-order chi connectivity index (χ0) is 14.0. The van der Waals surface area contributed by atoms with Crippen LogP contribution in [0.2, 0.25) is 0 Å². The van der Waals surface area contributed by atoms with Gasteiger partial charge in [0.05, 0.1) is 5.56 Å². The van der Waals surface area contributed by atoms with E-state index in [0.717, 1.165) is 6.08 Å². The fraction of sp³-hybridized carbons (Fsp3) is 0.231. The normalized spacial score (nSPS) is 10.8. The van der Waals surface area contributed by atoms with Gasteiger partial charge in [-0.3, -0.25) is 4.79 Å². The van der Waals surface area contributed by atoms with Crippen molar-refractivity contribution in [2.45, 2.75) is 20.8 Å². The predicted octanol–water partition coefficient (Wildman–Crippen LogP) is 1.85. The number of phenols is 2. The number of carbonyl (C=O) groups is 2. The Labute approximate surface area is 104 Å². The van der Waals surface area contributed by atoms with Crippen LogP contribution >= 0.6 is 0 Å². The van der Waals surface area contributed by atoms with Crippen LogP contribution in [0, 0.1) is 20.8 Å². The van der Waals surface area contributed by atoms with Crippen molar-refractivity contribution in [2.75, 3.05) is 0 Å². The lowest BCUT2D eigenvalue weighted by atomic mass is 9.95. The van der Waals surface area contributed by atoms with Crippen molar-refractivity contribution in [1.82, 2.24) is 0 Å². The Hall–Kier alpha value is -2.30. The second-order valence-electron chi connectivity index (χ2n) is 3.98. The fourth-order valence-electron chi connectivity index (χ4n) is 1.65. The summed E-state index contributed by atoms with van der Waals surface area (Å²) in [6.45, 7) is 4.68. The summed E-state index contributed by atoms with van der Waals surface area (Å²) in [6.07, 6.45) is 1.53. The molecular formula is C13H14O5. The van der Waals surface area contributed by atoms with E-state index in [4.69, 9.17) is 5.11 Å². The van der Waals surface area contributed by atoms with Gasteiger partial charge in [-0.1, -0.05) is 0 Å². The summed E-state index contributed by atoms with van der Waals surface area (Å²) >= 11 is 0. The number of aliphatic carboxylic acids is 1. The van der Waals surface area contributed by atoms with E-state index < -0.39 is 11.8 Å². The smallest absolute Gasteiger partial charge is 0.328 e. The molecule has 0 unspecified atom stereocenters. The maximum absolute atomic E-state index is 11.8. The van der Waals surface area contributed by atoms with Crippen molar-refractivity contribution < 1.29 is 24.9 Å². The van der Waals surface area contributed by atoms with Crippen molar-refractivity contribution >= 4 is 11.8 Å². The number of carboxylic acids is 1. The average molecular weight is 250 g/mol. The molecule has 0 atom stereocenters. The summed E-state index contributed by atoms with van der Waals surface area (Å²) in [5.41, 5.74) is 1.04. The highest BCUT2D eigenvalue weighted by Crippen LogP contribution is 2.36. The maximum atomic E-state index is 11.8. The molecule has 0 saturated carbocycles. The number of carboxylic acid groups (broad SMARTS) is 1. The number of carbonyl (C=O) groups excluding carboxylic acids is 1. The van der Waals surface area contributed by atoms with Crippen molar-refractivity contribution in [3.63, 3.8) is 0 Å². The van der Waals surface area contributed by atoms with Crippen molar-refractivity contribution in [3.8, 4) is 11.5 Å². The number of hydrogen-bond acceptors (Lipinski definition) is 4. The van der Waals surface area contributed by atoms with Crippen LogP contribution in [0.15, 0.2) is 12.2 Å². The van der Waals surface area contributed by atoms with Crippen LogP contribution in [0.3, 0.4) is 0 Å². The lowest BCUT2D eigenvalue weighted by Gasteiger charge is -2.13. The first-order chi connectivity index (χ1) is 8.27. The molecular weight excluding hydrogens is 236 g/mol. The minimum Gasteiger partial charge on any atom is -0.507 e. The molecule has 1 aromatic rings. The standard InChI is InChI=1S/C13H14O5/c1-6-7(2)13(18)11(8(3)12(6)17)9(14)4-5-10(15)16/h4-5,17-18H,1-3H3,(H,15,16)/b5-4-. The van der Waals surface area contributed by atoms with Gasteiger partial charge < -0.3 is 15.3 Å². The summed E-state index contributed by atoms with van der Waals surface area (Å²) < 4.78 is 0. The summed E-state index contributed by atoms with van der Waals surface area (Å²) in [5.74, 6) is -2.22. The quantitative estimate of drug-likeness (QED) is 0.432. The lowest BCUT2D eigenvalue weighted by molar-refractivity contribution is -0.131. The van der Waals surface area contributed by atoms with E-state index in [1.165, 1.54) is 6.92 Å². The third-order valence-corrected chi connectivity index (χ3v) is 2.86. The highest BCUT2D eigenvalue weighted by Gasteiger charge is 2.20. The van der Waals surface area contributed by atoms with Crippen LogP contribution in [-0.2, 0) is 4.79 Å². The molecule has 96 valence electrons. The Balaban J connectivity index is 3.42. The summed E-state index contributed by atoms with van der Waals surface area (Å²) in [4.78, 5) is 22.1. The van der Waals surface area contributed by atoms with Crippen molar-refractivity contribution in [2.24, 2.45) is 0 Å². The number of hydrogen-bond donors (Lipinski definition) is 3. The predicted molar refractivity (Wildman–Crippen MR) is 65.1 cm³/mol. The molecule has 0 saturated heterocycles. The van der Waals surface area contributed by atoms with Gasteiger partial charge in [0.25, 0.3) is 0 Å². The Morgan fingerprint density at radius 1 is 0.889 bits per heavy atom. The van der Waals surface area contributed by atoms with E-state index in [1.54, 1.807) is 13.8 Å². The molecule has 0 spiro atoms. The summed E-state index contributed by atoms with van der Waals surface area (Å²) in [5, 5.41) is 28.2. The zero-order valence-corrected chi connectivity index (χ0v) is 10.3. The first-order valence-electron chi connectivity index (χ1n) is 5.24. The average Bonchev–Trinajstić information content (AvgIpc) is 2.31. The van der Waals surface area contributed by atoms with Crippen LogP contribution < -0.4 is 0 Å². The fourth-order valence-corrected chi connectivity index (χ4v) is 1.65. The molecule has 1 aromatic carbocycles. The molecule has 0 radical (unpaired) electrons. The molecule has 0 amide bonds. The molecule has 5 heteroatoms. The molecule has 3 N–H and O–H groups in total. The van der Waals surface area contributed by atoms with Gasteiger partial charge in [-0.25, -0.2) is 4.79 Å². The van der Waals surface area contributed by atoms with Crippen LogP contribution in [0.4, 0.5) is 0 Å². The van der Waals surface area contributed by atoms with Crippen LogP contribution in [-0.4, -0.2) is 27.1 Å². The lowest BCUT2D eigenvalue weighted by Crippen LogP contribution is -2.03. The molecule has 0 aromatic heterocycles. The second kappa shape index (κ2) is 4.91. The molecule has 0 aliphatic heterocycles. The zero-order valence-electron chi connectivity index (χ0n) is 10.3. The molecule has 18 heavy (non-hydrogen) atoms. The van der Waals surface area contributed by atoms with E-state index in [-0.39, 0.29) is 22.6 Å². The number of benzene rings is 1. The number of phenolic OH excluding ortho intramolecular Hbond substituents is 2. The molecule has 5 nitrogen and oxygen atoms in total. The number of rotatable bonds is 3. The summed E-state index contributed by atoms with van der Waals surface area (Å²) in [7, 11) is 0. The topological polar surface area (TPSA) is 94.8 Å². The van der Waals surface area contributed by atoms with Crippen molar-refractivity contribution in [3.05, 3.63) is 34.4 Å². The van der Waals surface area contributed by atoms with E-state index >= 15 is 0 Å². The molecule has 1 rings (SSSR count). The number of ketones is 1. The third-order valence-electron chi connectivity index (χ3n) is 2.86.